The van der Waals surface area contributed by atoms with Crippen LogP contribution in [-0.4, -0.2) is 0 Å². The molecule has 0 aliphatic heterocycles. The van der Waals surface area contributed by atoms with Crippen LogP contribution in [0.3, 0.4) is 0 Å². The maximum atomic E-state index is 3.48. The quantitative estimate of drug-likeness (QED) is 0.600. The zero-order valence-corrected chi connectivity index (χ0v) is 8.04. The zero-order valence-electron chi connectivity index (χ0n) is 6.46. The highest BCUT2D eigenvalue weighted by Gasteiger charge is 1.98. The molecule has 1 aromatic carbocycles. The van der Waals surface area contributed by atoms with Gasteiger partial charge in [0.1, 0.15) is 0 Å². The van der Waals surface area contributed by atoms with Gasteiger partial charge in [0.05, 0.1) is 0 Å². The van der Waals surface area contributed by atoms with Gasteiger partial charge in [-0.15, -0.1) is 0 Å². The molecule has 53 valence electrons. The Morgan fingerprint density at radius 3 is 2.40 bits per heavy atom. The Kier molecular flexibility index (Phi) is 2.14. The number of hydrogen-bond donors (Lipinski definition) is 0. The molecule has 0 aliphatic rings. The van der Waals surface area contributed by atoms with E-state index in [9.17, 15) is 0 Å². The summed E-state index contributed by atoms with van der Waals surface area (Å²) in [7, 11) is 0. The van der Waals surface area contributed by atoms with Crippen molar-refractivity contribution in [2.45, 2.75) is 20.8 Å². The van der Waals surface area contributed by atoms with Gasteiger partial charge in [0.15, 0.2) is 0 Å². The average Bonchev–Trinajstić information content (AvgIpc) is 1.82. The van der Waals surface area contributed by atoms with E-state index < -0.39 is 0 Å². The van der Waals surface area contributed by atoms with Gasteiger partial charge in [0.2, 0.25) is 0 Å². The molecule has 0 aromatic heterocycles. The SMILES string of the molecule is Cc1[c]c(C)c(C)c(Br)c1. The number of hydrogen-bond acceptors (Lipinski definition) is 0. The molecule has 1 aromatic rings. The van der Waals surface area contributed by atoms with Gasteiger partial charge in [-0.3, -0.25) is 0 Å². The van der Waals surface area contributed by atoms with Crippen LogP contribution in [0.15, 0.2) is 10.5 Å². The minimum absolute atomic E-state index is 1.18. The summed E-state index contributed by atoms with van der Waals surface area (Å²) in [6.45, 7) is 6.22. The third kappa shape index (κ3) is 1.40. The number of rotatable bonds is 0. The molecule has 0 nitrogen and oxygen atoms in total. The Hall–Kier alpha value is -0.300. The van der Waals surface area contributed by atoms with E-state index >= 15 is 0 Å². The van der Waals surface area contributed by atoms with E-state index in [4.69, 9.17) is 0 Å². The zero-order chi connectivity index (χ0) is 7.72. The minimum Gasteiger partial charge on any atom is -0.0505 e. The highest BCUT2D eigenvalue weighted by atomic mass is 79.9. The molecule has 0 fully saturated rings. The second kappa shape index (κ2) is 2.75. The first kappa shape index (κ1) is 7.80. The van der Waals surface area contributed by atoms with Crippen LogP contribution in [0.2, 0.25) is 0 Å². The number of aryl methyl sites for hydroxylation is 2. The van der Waals surface area contributed by atoms with Crippen LogP contribution in [-0.2, 0) is 0 Å². The fraction of sp³-hybridized carbons (Fsp3) is 0.333. The molecule has 1 heteroatoms. The molecular weight excluding hydrogens is 188 g/mol. The molecule has 0 bridgehead atoms. The van der Waals surface area contributed by atoms with Gasteiger partial charge in [-0.25, -0.2) is 0 Å². The highest BCUT2D eigenvalue weighted by Crippen LogP contribution is 2.20. The topological polar surface area (TPSA) is 0 Å². The third-order valence-corrected chi connectivity index (χ3v) is 2.47. The van der Waals surface area contributed by atoms with E-state index in [0.717, 1.165) is 0 Å². The van der Waals surface area contributed by atoms with Crippen molar-refractivity contribution in [3.63, 3.8) is 0 Å². The smallest absolute Gasteiger partial charge is 0.0210 e. The Bertz CT molecular complexity index is 228. The summed E-state index contributed by atoms with van der Waals surface area (Å²) in [5.41, 5.74) is 3.70. The Morgan fingerprint density at radius 2 is 1.90 bits per heavy atom. The van der Waals surface area contributed by atoms with Crippen molar-refractivity contribution in [1.29, 1.82) is 0 Å². The maximum Gasteiger partial charge on any atom is 0.0210 e. The first-order valence-corrected chi connectivity index (χ1v) is 4.06. The molecule has 1 radical (unpaired) electrons. The van der Waals surface area contributed by atoms with Gasteiger partial charge in [0, 0.05) is 4.47 Å². The van der Waals surface area contributed by atoms with Crippen LogP contribution in [0.1, 0.15) is 16.7 Å². The number of benzene rings is 1. The van der Waals surface area contributed by atoms with Gasteiger partial charge in [0.25, 0.3) is 0 Å². The molecule has 0 atom stereocenters. The van der Waals surface area contributed by atoms with Crippen molar-refractivity contribution < 1.29 is 0 Å². The Balaban J connectivity index is 3.31. The summed E-state index contributed by atoms with van der Waals surface area (Å²) in [4.78, 5) is 0. The lowest BCUT2D eigenvalue weighted by molar-refractivity contribution is 1.27. The van der Waals surface area contributed by atoms with E-state index in [0.29, 0.717) is 0 Å². The van der Waals surface area contributed by atoms with Crippen molar-refractivity contribution in [2.75, 3.05) is 0 Å². The third-order valence-electron chi connectivity index (χ3n) is 1.65. The Morgan fingerprint density at radius 1 is 1.30 bits per heavy atom. The van der Waals surface area contributed by atoms with Crippen LogP contribution in [0, 0.1) is 26.8 Å². The highest BCUT2D eigenvalue weighted by molar-refractivity contribution is 9.10. The second-order valence-electron chi connectivity index (χ2n) is 2.55. The summed E-state index contributed by atoms with van der Waals surface area (Å²) in [6, 6.07) is 5.33. The fourth-order valence-electron chi connectivity index (χ4n) is 0.903. The first-order valence-electron chi connectivity index (χ1n) is 3.27. The molecule has 0 aliphatic carbocycles. The Labute approximate surface area is 70.4 Å². The van der Waals surface area contributed by atoms with Crippen molar-refractivity contribution in [3.05, 3.63) is 33.3 Å². The summed E-state index contributed by atoms with van der Waals surface area (Å²) in [5.74, 6) is 0. The van der Waals surface area contributed by atoms with Crippen molar-refractivity contribution in [2.24, 2.45) is 0 Å². The lowest BCUT2D eigenvalue weighted by Gasteiger charge is -2.02. The predicted octanol–water partition coefficient (Wildman–Crippen LogP) is 3.17. The van der Waals surface area contributed by atoms with E-state index in [-0.39, 0.29) is 0 Å². The van der Waals surface area contributed by atoms with Crippen LogP contribution in [0.5, 0.6) is 0 Å². The van der Waals surface area contributed by atoms with E-state index in [1.54, 1.807) is 0 Å². The molecule has 0 amide bonds. The van der Waals surface area contributed by atoms with Crippen molar-refractivity contribution in [1.82, 2.24) is 0 Å². The summed E-state index contributed by atoms with van der Waals surface area (Å²) >= 11 is 3.48. The molecule has 0 N–H and O–H groups in total. The largest absolute Gasteiger partial charge is 0.0505 e. The van der Waals surface area contributed by atoms with E-state index in [1.165, 1.54) is 21.2 Å². The van der Waals surface area contributed by atoms with Gasteiger partial charge < -0.3 is 0 Å². The lowest BCUT2D eigenvalue weighted by Crippen LogP contribution is -1.84. The first-order chi connectivity index (χ1) is 4.61. The molecule has 10 heavy (non-hydrogen) atoms. The van der Waals surface area contributed by atoms with E-state index in [2.05, 4.69) is 48.8 Å². The lowest BCUT2D eigenvalue weighted by atomic mass is 10.1. The van der Waals surface area contributed by atoms with Crippen LogP contribution in [0.4, 0.5) is 0 Å². The van der Waals surface area contributed by atoms with Crippen LogP contribution >= 0.6 is 15.9 Å². The van der Waals surface area contributed by atoms with Gasteiger partial charge in [-0.1, -0.05) is 15.9 Å². The molecule has 0 saturated heterocycles. The average molecular weight is 198 g/mol. The fourth-order valence-corrected chi connectivity index (χ4v) is 1.54. The van der Waals surface area contributed by atoms with E-state index in [1.807, 2.05) is 0 Å². The second-order valence-corrected chi connectivity index (χ2v) is 3.40. The van der Waals surface area contributed by atoms with Gasteiger partial charge in [-0.2, -0.15) is 0 Å². The molecule has 0 heterocycles. The van der Waals surface area contributed by atoms with Crippen molar-refractivity contribution >= 4 is 15.9 Å². The standard InChI is InChI=1S/C9H10Br/c1-6-4-7(2)8(3)9(10)5-6/h5H,1-3H3. The predicted molar refractivity (Wildman–Crippen MR) is 47.2 cm³/mol. The summed E-state index contributed by atoms with van der Waals surface area (Å²) < 4.78 is 1.18. The number of halogens is 1. The summed E-state index contributed by atoms with van der Waals surface area (Å²) in [6.07, 6.45) is 0. The summed E-state index contributed by atoms with van der Waals surface area (Å²) in [5, 5.41) is 0. The van der Waals surface area contributed by atoms with Crippen molar-refractivity contribution in [3.8, 4) is 0 Å². The van der Waals surface area contributed by atoms with Gasteiger partial charge in [-0.05, 0) is 49.6 Å². The molecule has 0 unspecified atom stereocenters. The minimum atomic E-state index is 1.18. The normalized spacial score (nSPS) is 10.0. The van der Waals surface area contributed by atoms with Crippen LogP contribution in [0.25, 0.3) is 0 Å². The maximum absolute atomic E-state index is 3.48. The molecular formula is C9H10Br. The molecule has 0 saturated carbocycles. The monoisotopic (exact) mass is 197 g/mol. The molecule has 0 spiro atoms. The van der Waals surface area contributed by atoms with Crippen LogP contribution < -0.4 is 0 Å². The molecule has 1 rings (SSSR count). The van der Waals surface area contributed by atoms with Gasteiger partial charge >= 0.3 is 0 Å².